The Hall–Kier alpha value is -1.66. The maximum Gasteiger partial charge on any atom is 0.113 e. The molecule has 1 aliphatic rings. The largest absolute Gasteiger partial charge is 0.388 e. The highest BCUT2D eigenvalue weighted by atomic mass is 79.9. The minimum Gasteiger partial charge on any atom is -0.388 e. The van der Waals surface area contributed by atoms with E-state index in [1.165, 1.54) is 0 Å². The van der Waals surface area contributed by atoms with Crippen LogP contribution in [0.1, 0.15) is 18.4 Å². The van der Waals surface area contributed by atoms with Crippen molar-refractivity contribution in [3.63, 3.8) is 0 Å². The summed E-state index contributed by atoms with van der Waals surface area (Å²) in [6.45, 7) is 1.43. The van der Waals surface area contributed by atoms with E-state index < -0.39 is 6.17 Å². The molecular weight excluding hydrogens is 401 g/mol. The predicted molar refractivity (Wildman–Crippen MR) is 112 cm³/mol. The number of hydrogen-bond acceptors (Lipinski definition) is 3. The minimum absolute atomic E-state index is 0.570. The topological polar surface area (TPSA) is 27.3 Å². The lowest BCUT2D eigenvalue weighted by atomic mass is 10.0. The second-order valence-electron chi connectivity index (χ2n) is 6.10. The first-order valence-electron chi connectivity index (χ1n) is 8.34. The minimum atomic E-state index is -0.691. The molecule has 0 unspecified atom stereocenters. The van der Waals surface area contributed by atoms with E-state index in [1.54, 1.807) is 0 Å². The molecular formula is C19H21BrFN3S. The molecule has 3 rings (SSSR count). The van der Waals surface area contributed by atoms with Crippen molar-refractivity contribution in [1.82, 2.24) is 0 Å². The van der Waals surface area contributed by atoms with E-state index in [0.29, 0.717) is 30.9 Å². The second-order valence-corrected chi connectivity index (χ2v) is 7.43. The van der Waals surface area contributed by atoms with Gasteiger partial charge in [-0.25, -0.2) is 4.39 Å². The normalized spacial score (nSPS) is 15.1. The number of piperidine rings is 1. The molecule has 0 atom stereocenters. The molecule has 0 bridgehead atoms. The van der Waals surface area contributed by atoms with Crippen molar-refractivity contribution in [2.24, 2.45) is 0 Å². The monoisotopic (exact) mass is 421 g/mol. The molecule has 1 heterocycles. The lowest BCUT2D eigenvalue weighted by Gasteiger charge is -2.32. The summed E-state index contributed by atoms with van der Waals surface area (Å²) in [5, 5.41) is 6.47. The molecule has 25 heavy (non-hydrogen) atoms. The van der Waals surface area contributed by atoms with E-state index in [0.717, 1.165) is 27.1 Å². The van der Waals surface area contributed by atoms with Crippen molar-refractivity contribution < 1.29 is 4.39 Å². The smallest absolute Gasteiger partial charge is 0.113 e. The molecule has 2 aromatic rings. The van der Waals surface area contributed by atoms with E-state index in [4.69, 9.17) is 12.2 Å². The number of hydrogen-bond donors (Lipinski definition) is 2. The van der Waals surface area contributed by atoms with Crippen molar-refractivity contribution in [1.29, 1.82) is 0 Å². The number of nitrogens with one attached hydrogen (secondary N) is 2. The van der Waals surface area contributed by atoms with Crippen molar-refractivity contribution in [3.05, 3.63) is 52.5 Å². The zero-order valence-corrected chi connectivity index (χ0v) is 16.5. The Morgan fingerprint density at radius 3 is 2.40 bits per heavy atom. The van der Waals surface area contributed by atoms with Gasteiger partial charge in [0.1, 0.15) is 11.2 Å². The van der Waals surface area contributed by atoms with E-state index in [1.807, 2.05) is 43.4 Å². The number of alkyl halides is 1. The van der Waals surface area contributed by atoms with E-state index in [9.17, 15) is 4.39 Å². The Balaban J connectivity index is 1.86. The van der Waals surface area contributed by atoms with Gasteiger partial charge in [-0.1, -0.05) is 28.1 Å². The summed E-state index contributed by atoms with van der Waals surface area (Å²) >= 11 is 9.11. The first-order chi connectivity index (χ1) is 12.1. The van der Waals surface area contributed by atoms with Crippen LogP contribution >= 0.6 is 28.1 Å². The standard InChI is InChI=1S/C19H21BrFN3S/c1-22-16-6-7-18(24-10-8-14(21)9-11-24)17(12-16)19(25)23-15-4-2-13(20)3-5-15/h2-7,12,14,22H,8-11H2,1H3,(H,23,25). The average Bonchev–Trinajstić information content (AvgIpc) is 2.64. The van der Waals surface area contributed by atoms with Gasteiger partial charge in [0.2, 0.25) is 0 Å². The Labute approximate surface area is 161 Å². The Bertz CT molecular complexity index is 743. The lowest BCUT2D eigenvalue weighted by molar-refractivity contribution is 0.277. The summed E-state index contributed by atoms with van der Waals surface area (Å²) in [6.07, 6.45) is 0.449. The second kappa shape index (κ2) is 8.15. The number of benzene rings is 2. The van der Waals surface area contributed by atoms with Gasteiger partial charge in [0.15, 0.2) is 0 Å². The fourth-order valence-electron chi connectivity index (χ4n) is 2.97. The quantitative estimate of drug-likeness (QED) is 0.661. The summed E-state index contributed by atoms with van der Waals surface area (Å²) in [6, 6.07) is 14.0. The molecule has 1 saturated heterocycles. The lowest BCUT2D eigenvalue weighted by Crippen LogP contribution is -2.35. The summed E-state index contributed by atoms with van der Waals surface area (Å²) in [4.78, 5) is 2.89. The van der Waals surface area contributed by atoms with Crippen LogP contribution in [0.15, 0.2) is 46.9 Å². The van der Waals surface area contributed by atoms with Crippen LogP contribution in [-0.4, -0.2) is 31.3 Å². The fourth-order valence-corrected chi connectivity index (χ4v) is 3.52. The molecule has 2 N–H and O–H groups in total. The van der Waals surface area contributed by atoms with Crippen molar-refractivity contribution in [3.8, 4) is 0 Å². The van der Waals surface area contributed by atoms with Gasteiger partial charge in [-0.3, -0.25) is 0 Å². The molecule has 0 amide bonds. The molecule has 6 heteroatoms. The summed E-state index contributed by atoms with van der Waals surface area (Å²) in [5.41, 5.74) is 3.96. The first-order valence-corrected chi connectivity index (χ1v) is 9.54. The van der Waals surface area contributed by atoms with Gasteiger partial charge in [0, 0.05) is 47.2 Å². The zero-order valence-electron chi connectivity index (χ0n) is 14.1. The van der Waals surface area contributed by atoms with Crippen LogP contribution in [0.25, 0.3) is 0 Å². The van der Waals surface area contributed by atoms with Crippen molar-refractivity contribution >= 4 is 50.2 Å². The molecule has 0 radical (unpaired) electrons. The van der Waals surface area contributed by atoms with Crippen LogP contribution in [0, 0.1) is 0 Å². The number of anilines is 3. The first kappa shape index (κ1) is 18.1. The maximum absolute atomic E-state index is 13.5. The predicted octanol–water partition coefficient (Wildman–Crippen LogP) is 5.22. The molecule has 2 aromatic carbocycles. The Kier molecular flexibility index (Phi) is 5.91. The molecule has 0 aromatic heterocycles. The molecule has 132 valence electrons. The third-order valence-electron chi connectivity index (χ3n) is 4.40. The van der Waals surface area contributed by atoms with Crippen molar-refractivity contribution in [2.75, 3.05) is 35.7 Å². The highest BCUT2D eigenvalue weighted by Gasteiger charge is 2.22. The number of thiocarbonyl (C=S) groups is 1. The van der Waals surface area contributed by atoms with Gasteiger partial charge in [-0.15, -0.1) is 0 Å². The van der Waals surface area contributed by atoms with Crippen LogP contribution in [0.5, 0.6) is 0 Å². The molecule has 1 aliphatic heterocycles. The number of rotatable bonds is 4. The fraction of sp³-hybridized carbons (Fsp3) is 0.316. The molecule has 0 saturated carbocycles. The summed E-state index contributed by atoms with van der Waals surface area (Å²) < 4.78 is 14.5. The van der Waals surface area contributed by atoms with E-state index >= 15 is 0 Å². The Morgan fingerprint density at radius 2 is 1.76 bits per heavy atom. The van der Waals surface area contributed by atoms with Gasteiger partial charge in [-0.05, 0) is 55.3 Å². The van der Waals surface area contributed by atoms with Gasteiger partial charge in [-0.2, -0.15) is 0 Å². The third-order valence-corrected chi connectivity index (χ3v) is 5.25. The average molecular weight is 422 g/mol. The zero-order chi connectivity index (χ0) is 17.8. The van der Waals surface area contributed by atoms with Crippen LogP contribution < -0.4 is 15.5 Å². The van der Waals surface area contributed by atoms with Crippen LogP contribution in [0.3, 0.4) is 0 Å². The SMILES string of the molecule is CNc1ccc(N2CCC(F)CC2)c(C(=S)Nc2ccc(Br)cc2)c1. The molecule has 3 nitrogen and oxygen atoms in total. The molecule has 1 fully saturated rings. The summed E-state index contributed by atoms with van der Waals surface area (Å²) in [7, 11) is 1.89. The van der Waals surface area contributed by atoms with Crippen LogP contribution in [-0.2, 0) is 0 Å². The van der Waals surface area contributed by atoms with Crippen LogP contribution in [0.4, 0.5) is 21.5 Å². The number of halogens is 2. The number of nitrogens with zero attached hydrogens (tertiary/aromatic N) is 1. The molecule has 0 aliphatic carbocycles. The van der Waals surface area contributed by atoms with Gasteiger partial charge < -0.3 is 15.5 Å². The maximum atomic E-state index is 13.5. The highest BCUT2D eigenvalue weighted by molar-refractivity contribution is 9.10. The Morgan fingerprint density at radius 1 is 1.12 bits per heavy atom. The third kappa shape index (κ3) is 4.50. The summed E-state index contributed by atoms with van der Waals surface area (Å²) in [5.74, 6) is 0. The van der Waals surface area contributed by atoms with E-state index in [-0.39, 0.29) is 0 Å². The molecule has 0 spiro atoms. The van der Waals surface area contributed by atoms with Crippen LogP contribution in [0.2, 0.25) is 0 Å². The van der Waals surface area contributed by atoms with E-state index in [2.05, 4.69) is 37.5 Å². The van der Waals surface area contributed by atoms with Gasteiger partial charge in [0.25, 0.3) is 0 Å². The van der Waals surface area contributed by atoms with Gasteiger partial charge in [0.05, 0.1) is 0 Å². The van der Waals surface area contributed by atoms with Crippen molar-refractivity contribution in [2.45, 2.75) is 19.0 Å². The van der Waals surface area contributed by atoms with Gasteiger partial charge >= 0.3 is 0 Å². The highest BCUT2D eigenvalue weighted by Crippen LogP contribution is 2.29.